The van der Waals surface area contributed by atoms with Gasteiger partial charge in [-0.3, -0.25) is 0 Å². The van der Waals surface area contributed by atoms with Gasteiger partial charge in [-0.25, -0.2) is 4.98 Å². The van der Waals surface area contributed by atoms with E-state index in [1.807, 2.05) is 7.05 Å². The van der Waals surface area contributed by atoms with Crippen molar-refractivity contribution in [3.05, 3.63) is 17.7 Å². The molecule has 1 N–H and O–H groups in total. The molecule has 2 rings (SSSR count). The Morgan fingerprint density at radius 1 is 1.40 bits per heavy atom. The van der Waals surface area contributed by atoms with E-state index in [4.69, 9.17) is 5.11 Å². The number of nitrogens with zero attached hydrogens (tertiary/aromatic N) is 2. The van der Waals surface area contributed by atoms with E-state index in [0.717, 1.165) is 5.82 Å². The standard InChI is InChI=1S/C12H20N2O/c1-14-9-11(13-12(14)7-8-15)10-5-3-2-4-6-10/h9-10,15H,2-8H2,1H3. The molecule has 1 fully saturated rings. The number of hydrogen-bond donors (Lipinski definition) is 1. The third-order valence-corrected chi connectivity index (χ3v) is 3.35. The van der Waals surface area contributed by atoms with Crippen molar-refractivity contribution in [2.75, 3.05) is 6.61 Å². The van der Waals surface area contributed by atoms with Crippen LogP contribution in [-0.4, -0.2) is 21.3 Å². The van der Waals surface area contributed by atoms with Crippen molar-refractivity contribution in [3.63, 3.8) is 0 Å². The van der Waals surface area contributed by atoms with Gasteiger partial charge in [-0.15, -0.1) is 0 Å². The summed E-state index contributed by atoms with van der Waals surface area (Å²) in [7, 11) is 2.02. The summed E-state index contributed by atoms with van der Waals surface area (Å²) in [6.45, 7) is 0.189. The smallest absolute Gasteiger partial charge is 0.111 e. The molecule has 0 aromatic carbocycles. The van der Waals surface area contributed by atoms with E-state index in [1.54, 1.807) is 0 Å². The van der Waals surface area contributed by atoms with E-state index in [-0.39, 0.29) is 6.61 Å². The molecular weight excluding hydrogens is 188 g/mol. The zero-order valence-electron chi connectivity index (χ0n) is 9.45. The van der Waals surface area contributed by atoms with Gasteiger partial charge in [0, 0.05) is 25.6 Å². The van der Waals surface area contributed by atoms with Crippen LogP contribution < -0.4 is 0 Å². The van der Waals surface area contributed by atoms with E-state index < -0.39 is 0 Å². The van der Waals surface area contributed by atoms with E-state index in [9.17, 15) is 0 Å². The first-order chi connectivity index (χ1) is 7.31. The van der Waals surface area contributed by atoms with Crippen molar-refractivity contribution in [2.45, 2.75) is 44.4 Å². The van der Waals surface area contributed by atoms with E-state index in [0.29, 0.717) is 12.3 Å². The van der Waals surface area contributed by atoms with Crippen LogP contribution >= 0.6 is 0 Å². The summed E-state index contributed by atoms with van der Waals surface area (Å²) in [5.41, 5.74) is 1.24. The van der Waals surface area contributed by atoms with Gasteiger partial charge >= 0.3 is 0 Å². The molecule has 1 aromatic rings. The highest BCUT2D eigenvalue weighted by Crippen LogP contribution is 2.31. The van der Waals surface area contributed by atoms with E-state index in [1.165, 1.54) is 37.8 Å². The molecule has 1 aliphatic rings. The molecular formula is C12H20N2O. The zero-order chi connectivity index (χ0) is 10.7. The molecule has 0 spiro atoms. The molecule has 0 aliphatic heterocycles. The Balaban J connectivity index is 2.10. The average molecular weight is 208 g/mol. The van der Waals surface area contributed by atoms with Gasteiger partial charge in [0.2, 0.25) is 0 Å². The molecule has 0 saturated heterocycles. The predicted molar refractivity (Wildman–Crippen MR) is 59.8 cm³/mol. The lowest BCUT2D eigenvalue weighted by Gasteiger charge is -2.19. The molecule has 1 saturated carbocycles. The molecule has 3 nitrogen and oxygen atoms in total. The predicted octanol–water partition coefficient (Wildman–Crippen LogP) is 2.00. The van der Waals surface area contributed by atoms with Gasteiger partial charge in [0.1, 0.15) is 5.82 Å². The second-order valence-electron chi connectivity index (χ2n) is 4.50. The summed E-state index contributed by atoms with van der Waals surface area (Å²) < 4.78 is 2.06. The first-order valence-corrected chi connectivity index (χ1v) is 5.94. The van der Waals surface area contributed by atoms with E-state index >= 15 is 0 Å². The normalized spacial score (nSPS) is 18.3. The van der Waals surface area contributed by atoms with Crippen molar-refractivity contribution in [2.24, 2.45) is 7.05 Å². The Morgan fingerprint density at radius 3 is 2.80 bits per heavy atom. The average Bonchev–Trinajstić information content (AvgIpc) is 2.63. The minimum absolute atomic E-state index is 0.189. The molecule has 15 heavy (non-hydrogen) atoms. The Kier molecular flexibility index (Phi) is 3.41. The summed E-state index contributed by atoms with van der Waals surface area (Å²) >= 11 is 0. The summed E-state index contributed by atoms with van der Waals surface area (Å²) in [6.07, 6.45) is 9.45. The quantitative estimate of drug-likeness (QED) is 0.825. The summed E-state index contributed by atoms with van der Waals surface area (Å²) in [6, 6.07) is 0. The number of aliphatic hydroxyl groups excluding tert-OH is 1. The molecule has 1 aliphatic carbocycles. The summed E-state index contributed by atoms with van der Waals surface area (Å²) in [5.74, 6) is 1.68. The maximum atomic E-state index is 8.91. The van der Waals surface area contributed by atoms with Crippen LogP contribution in [0.15, 0.2) is 6.20 Å². The van der Waals surface area contributed by atoms with Gasteiger partial charge in [0.05, 0.1) is 12.3 Å². The summed E-state index contributed by atoms with van der Waals surface area (Å²) in [5, 5.41) is 8.91. The summed E-state index contributed by atoms with van der Waals surface area (Å²) in [4.78, 5) is 4.63. The molecule has 1 heterocycles. The number of rotatable bonds is 3. The number of aliphatic hydroxyl groups is 1. The van der Waals surface area contributed by atoms with Crippen LogP contribution in [0.1, 0.15) is 49.5 Å². The molecule has 0 amide bonds. The van der Waals surface area contributed by atoms with Crippen molar-refractivity contribution in [1.82, 2.24) is 9.55 Å². The van der Waals surface area contributed by atoms with Crippen molar-refractivity contribution < 1.29 is 5.11 Å². The molecule has 0 bridgehead atoms. The highest BCUT2D eigenvalue weighted by atomic mass is 16.3. The SMILES string of the molecule is Cn1cc(C2CCCCC2)nc1CCO. The monoisotopic (exact) mass is 208 g/mol. The maximum absolute atomic E-state index is 8.91. The van der Waals surface area contributed by atoms with Crippen LogP contribution in [0.5, 0.6) is 0 Å². The van der Waals surface area contributed by atoms with Crippen LogP contribution in [0.3, 0.4) is 0 Å². The molecule has 0 radical (unpaired) electrons. The van der Waals surface area contributed by atoms with Gasteiger partial charge in [0.25, 0.3) is 0 Å². The highest BCUT2D eigenvalue weighted by molar-refractivity contribution is 5.10. The van der Waals surface area contributed by atoms with Crippen molar-refractivity contribution >= 4 is 0 Å². The fourth-order valence-corrected chi connectivity index (χ4v) is 2.46. The van der Waals surface area contributed by atoms with Crippen LogP contribution in [0.25, 0.3) is 0 Å². The van der Waals surface area contributed by atoms with Gasteiger partial charge in [-0.2, -0.15) is 0 Å². The first kappa shape index (κ1) is 10.7. The molecule has 3 heteroatoms. The second-order valence-corrected chi connectivity index (χ2v) is 4.50. The third-order valence-electron chi connectivity index (χ3n) is 3.35. The lowest BCUT2D eigenvalue weighted by molar-refractivity contribution is 0.295. The number of hydrogen-bond acceptors (Lipinski definition) is 2. The zero-order valence-corrected chi connectivity index (χ0v) is 9.45. The number of aryl methyl sites for hydroxylation is 1. The van der Waals surface area contributed by atoms with Gasteiger partial charge in [-0.05, 0) is 12.8 Å². The third kappa shape index (κ3) is 2.40. The van der Waals surface area contributed by atoms with Gasteiger partial charge in [0.15, 0.2) is 0 Å². The van der Waals surface area contributed by atoms with Gasteiger partial charge in [-0.1, -0.05) is 19.3 Å². The molecule has 1 aromatic heterocycles. The van der Waals surface area contributed by atoms with E-state index in [2.05, 4.69) is 15.7 Å². The van der Waals surface area contributed by atoms with Crippen LogP contribution in [-0.2, 0) is 13.5 Å². The Hall–Kier alpha value is -0.830. The van der Waals surface area contributed by atoms with Gasteiger partial charge < -0.3 is 9.67 Å². The molecule has 0 atom stereocenters. The van der Waals surface area contributed by atoms with Crippen molar-refractivity contribution in [3.8, 4) is 0 Å². The second kappa shape index (κ2) is 4.79. The maximum Gasteiger partial charge on any atom is 0.111 e. The van der Waals surface area contributed by atoms with Crippen LogP contribution in [0.2, 0.25) is 0 Å². The first-order valence-electron chi connectivity index (χ1n) is 5.94. The fraction of sp³-hybridized carbons (Fsp3) is 0.750. The lowest BCUT2D eigenvalue weighted by Crippen LogP contribution is -2.05. The number of imidazole rings is 1. The lowest BCUT2D eigenvalue weighted by atomic mass is 9.87. The Labute approximate surface area is 91.1 Å². The van der Waals surface area contributed by atoms with Crippen molar-refractivity contribution in [1.29, 1.82) is 0 Å². The fourth-order valence-electron chi connectivity index (χ4n) is 2.46. The van der Waals surface area contributed by atoms with Crippen LogP contribution in [0, 0.1) is 0 Å². The molecule has 0 unspecified atom stereocenters. The largest absolute Gasteiger partial charge is 0.396 e. The Morgan fingerprint density at radius 2 is 2.13 bits per heavy atom. The Bertz CT molecular complexity index is 313. The molecule has 84 valence electrons. The highest BCUT2D eigenvalue weighted by Gasteiger charge is 2.18. The van der Waals surface area contributed by atoms with Crippen LogP contribution in [0.4, 0.5) is 0 Å². The topological polar surface area (TPSA) is 38.0 Å². The minimum atomic E-state index is 0.189. The minimum Gasteiger partial charge on any atom is -0.396 e. The number of aromatic nitrogens is 2.